The van der Waals surface area contributed by atoms with E-state index in [-0.39, 0.29) is 22.5 Å². The maximum absolute atomic E-state index is 10.9. The van der Waals surface area contributed by atoms with Crippen molar-refractivity contribution >= 4 is 23.3 Å². The number of aromatic carboxylic acids is 2. The largest absolute Gasteiger partial charge is 0.508 e. The highest BCUT2D eigenvalue weighted by molar-refractivity contribution is 5.92. The number of hydrogen-bond donors (Lipinski definition) is 5. The number of azo groups is 1. The SMILES string of the molecule is CN1CC[C@]23CCCC[C@H]2[C@H]1Cc1ccc(O)cc13.O=C(O)c1cc(N=Nc2ccc(O)c(C(=O)O)c2)ccc1O. The lowest BCUT2D eigenvalue weighted by molar-refractivity contribution is 0.00274. The van der Waals surface area contributed by atoms with E-state index >= 15 is 0 Å². The van der Waals surface area contributed by atoms with Crippen LogP contribution in [0.3, 0.4) is 0 Å². The molecular weight excluding hydrogens is 526 g/mol. The van der Waals surface area contributed by atoms with Crippen LogP contribution in [0.4, 0.5) is 11.4 Å². The fraction of sp³-hybridized carbons (Fsp3) is 0.355. The number of likely N-dealkylation sites (tertiary alicyclic amines) is 1. The van der Waals surface area contributed by atoms with Crippen LogP contribution in [0.15, 0.2) is 64.8 Å². The second kappa shape index (κ2) is 11.2. The Morgan fingerprint density at radius 1 is 0.829 bits per heavy atom. The number of piperidine rings is 1. The van der Waals surface area contributed by atoms with Crippen LogP contribution < -0.4 is 0 Å². The van der Waals surface area contributed by atoms with Gasteiger partial charge in [0.2, 0.25) is 0 Å². The summed E-state index contributed by atoms with van der Waals surface area (Å²) in [7, 11) is 2.30. The number of phenolic OH excluding ortho intramolecular Hbond substituents is 1. The maximum Gasteiger partial charge on any atom is 0.339 e. The molecule has 1 aliphatic heterocycles. The summed E-state index contributed by atoms with van der Waals surface area (Å²) in [5.41, 5.74) is 3.04. The van der Waals surface area contributed by atoms with Gasteiger partial charge in [0.25, 0.3) is 0 Å². The smallest absolute Gasteiger partial charge is 0.339 e. The van der Waals surface area contributed by atoms with Gasteiger partial charge < -0.3 is 30.4 Å². The summed E-state index contributed by atoms with van der Waals surface area (Å²) in [5, 5.41) is 53.9. The van der Waals surface area contributed by atoms with Crippen molar-refractivity contribution in [2.24, 2.45) is 16.1 Å². The average molecular weight is 560 g/mol. The molecule has 1 saturated heterocycles. The van der Waals surface area contributed by atoms with E-state index in [2.05, 4.69) is 34.3 Å². The van der Waals surface area contributed by atoms with Gasteiger partial charge in [0.1, 0.15) is 28.4 Å². The quantitative estimate of drug-likeness (QED) is 0.243. The number of rotatable bonds is 4. The molecule has 0 aromatic heterocycles. The molecule has 3 atom stereocenters. The van der Waals surface area contributed by atoms with Crippen molar-refractivity contribution in [2.45, 2.75) is 50.0 Å². The zero-order valence-electron chi connectivity index (χ0n) is 22.7. The number of carbonyl (C=O) groups is 2. The number of benzene rings is 3. The minimum atomic E-state index is -1.31. The third kappa shape index (κ3) is 5.47. The zero-order chi connectivity index (χ0) is 29.3. The predicted molar refractivity (Wildman–Crippen MR) is 151 cm³/mol. The maximum atomic E-state index is 10.9. The molecule has 3 aliphatic rings. The summed E-state index contributed by atoms with van der Waals surface area (Å²) in [6.45, 7) is 1.22. The van der Waals surface area contributed by atoms with Crippen molar-refractivity contribution in [1.82, 2.24) is 4.90 Å². The Bertz CT molecular complexity index is 1460. The van der Waals surface area contributed by atoms with E-state index in [9.17, 15) is 24.9 Å². The lowest BCUT2D eigenvalue weighted by Crippen LogP contribution is -2.59. The van der Waals surface area contributed by atoms with Crippen LogP contribution in [0.2, 0.25) is 0 Å². The summed E-state index contributed by atoms with van der Waals surface area (Å²) in [4.78, 5) is 24.3. The Balaban J connectivity index is 0.000000166. The highest BCUT2D eigenvalue weighted by atomic mass is 16.4. The Hall–Kier alpha value is -4.44. The predicted octanol–water partition coefficient (Wildman–Crippen LogP) is 5.99. The van der Waals surface area contributed by atoms with Crippen LogP contribution >= 0.6 is 0 Å². The second-order valence-electron chi connectivity index (χ2n) is 11.1. The molecule has 1 heterocycles. The minimum Gasteiger partial charge on any atom is -0.508 e. The van der Waals surface area contributed by atoms with Crippen LogP contribution in [-0.2, 0) is 11.8 Å². The van der Waals surface area contributed by atoms with E-state index in [1.165, 1.54) is 68.3 Å². The van der Waals surface area contributed by atoms with Crippen molar-refractivity contribution in [2.75, 3.05) is 13.6 Å². The highest BCUT2D eigenvalue weighted by Crippen LogP contribution is 2.55. The van der Waals surface area contributed by atoms with Gasteiger partial charge in [-0.15, -0.1) is 0 Å². The molecule has 6 rings (SSSR count). The van der Waals surface area contributed by atoms with E-state index in [1.54, 1.807) is 0 Å². The van der Waals surface area contributed by atoms with Gasteiger partial charge in [-0.05, 0) is 105 Å². The Labute approximate surface area is 237 Å². The molecule has 41 heavy (non-hydrogen) atoms. The summed E-state index contributed by atoms with van der Waals surface area (Å²) in [5.74, 6) is -2.16. The Kier molecular flexibility index (Phi) is 7.68. The molecule has 0 radical (unpaired) electrons. The normalized spacial score (nSPS) is 23.1. The molecule has 10 heteroatoms. The van der Waals surface area contributed by atoms with Gasteiger partial charge in [-0.25, -0.2) is 9.59 Å². The molecule has 10 nitrogen and oxygen atoms in total. The molecule has 3 aromatic carbocycles. The highest BCUT2D eigenvalue weighted by Gasteiger charge is 2.53. The van der Waals surface area contributed by atoms with Crippen molar-refractivity contribution in [3.05, 3.63) is 76.9 Å². The molecule has 5 N–H and O–H groups in total. The third-order valence-corrected chi connectivity index (χ3v) is 8.80. The summed E-state index contributed by atoms with van der Waals surface area (Å²) in [6.07, 6.45) is 7.93. The van der Waals surface area contributed by atoms with E-state index in [4.69, 9.17) is 10.2 Å². The van der Waals surface area contributed by atoms with Gasteiger partial charge in [-0.2, -0.15) is 10.2 Å². The molecular formula is C31H33N3O7. The fourth-order valence-corrected chi connectivity index (χ4v) is 6.82. The fourth-order valence-electron chi connectivity index (χ4n) is 6.82. The zero-order valence-corrected chi connectivity index (χ0v) is 22.7. The lowest BCUT2D eigenvalue weighted by atomic mass is 9.52. The van der Waals surface area contributed by atoms with E-state index in [1.807, 2.05) is 6.07 Å². The van der Waals surface area contributed by atoms with Crippen LogP contribution in [0.5, 0.6) is 17.2 Å². The van der Waals surface area contributed by atoms with Crippen LogP contribution in [0, 0.1) is 5.92 Å². The Morgan fingerprint density at radius 2 is 1.44 bits per heavy atom. The van der Waals surface area contributed by atoms with Gasteiger partial charge in [-0.1, -0.05) is 18.9 Å². The number of carboxylic acids is 2. The molecule has 3 aromatic rings. The minimum absolute atomic E-state index is 0.167. The number of phenols is 3. The van der Waals surface area contributed by atoms with Crippen molar-refractivity contribution < 1.29 is 35.1 Å². The summed E-state index contributed by atoms with van der Waals surface area (Å²) >= 11 is 0. The van der Waals surface area contributed by atoms with Gasteiger partial charge in [-0.3, -0.25) is 0 Å². The second-order valence-corrected chi connectivity index (χ2v) is 11.1. The molecule has 2 aliphatic carbocycles. The summed E-state index contributed by atoms with van der Waals surface area (Å²) < 4.78 is 0. The first kappa shape index (κ1) is 28.1. The van der Waals surface area contributed by atoms with E-state index < -0.39 is 23.4 Å². The molecule has 0 unspecified atom stereocenters. The van der Waals surface area contributed by atoms with Crippen molar-refractivity contribution in [3.63, 3.8) is 0 Å². The van der Waals surface area contributed by atoms with Gasteiger partial charge >= 0.3 is 11.9 Å². The number of aromatic hydroxyl groups is 3. The number of fused-ring (bicyclic) bond motifs is 1. The van der Waals surface area contributed by atoms with Gasteiger partial charge in [0.05, 0.1) is 11.4 Å². The standard InChI is InChI=1S/C17H23NO.C14H10N2O6/c1-18-9-8-17-7-3-2-4-14(17)16(18)10-12-5-6-13(19)11-15(12)17;17-11-3-1-7(5-9(11)13(19)20)15-16-8-2-4-12(18)10(6-8)14(21)22/h5-6,11,14,16,19H,2-4,7-10H2,1H3;1-6,17-18H,(H,19,20)(H,21,22)/t14-,16+,17+;/m0./s1. The van der Waals surface area contributed by atoms with Crippen molar-refractivity contribution in [1.29, 1.82) is 0 Å². The molecule has 0 spiro atoms. The monoisotopic (exact) mass is 559 g/mol. The number of nitrogens with zero attached hydrogens (tertiary/aromatic N) is 3. The number of carboxylic acid groups (broad SMARTS) is 2. The summed E-state index contributed by atoms with van der Waals surface area (Å²) in [6, 6.07) is 14.1. The van der Waals surface area contributed by atoms with Gasteiger partial charge in [0, 0.05) is 11.5 Å². The first-order valence-electron chi connectivity index (χ1n) is 13.7. The topological polar surface area (TPSA) is 163 Å². The molecule has 2 bridgehead atoms. The number of likely N-dealkylation sites (N-methyl/N-ethyl adjacent to an activating group) is 1. The van der Waals surface area contributed by atoms with Crippen molar-refractivity contribution in [3.8, 4) is 17.2 Å². The lowest BCUT2D eigenvalue weighted by Gasteiger charge is -2.58. The molecule has 1 saturated carbocycles. The Morgan fingerprint density at radius 3 is 2.02 bits per heavy atom. The molecule has 0 amide bonds. The van der Waals surface area contributed by atoms with Crippen LogP contribution in [0.1, 0.15) is 63.9 Å². The molecule has 214 valence electrons. The van der Waals surface area contributed by atoms with E-state index in [0.717, 1.165) is 36.2 Å². The van der Waals surface area contributed by atoms with E-state index in [0.29, 0.717) is 11.2 Å². The van der Waals surface area contributed by atoms with Crippen LogP contribution in [-0.4, -0.2) is 62.0 Å². The first-order valence-corrected chi connectivity index (χ1v) is 13.7. The van der Waals surface area contributed by atoms with Crippen LogP contribution in [0.25, 0.3) is 0 Å². The third-order valence-electron chi connectivity index (χ3n) is 8.80. The first-order chi connectivity index (χ1) is 19.6. The molecule has 2 fully saturated rings. The average Bonchev–Trinajstić information content (AvgIpc) is 2.95. The van der Waals surface area contributed by atoms with Gasteiger partial charge in [0.15, 0.2) is 0 Å². The number of hydrogen-bond acceptors (Lipinski definition) is 8.